The van der Waals surface area contributed by atoms with Crippen molar-refractivity contribution in [3.63, 3.8) is 0 Å². The number of hydrogen-bond acceptors (Lipinski definition) is 0. The predicted molar refractivity (Wildman–Crippen MR) is 130 cm³/mol. The third kappa shape index (κ3) is 12.7. The summed E-state index contributed by atoms with van der Waals surface area (Å²) in [6.07, 6.45) is 12.7. The first-order chi connectivity index (χ1) is 13.5. The molecule has 0 amide bonds. The Kier molecular flexibility index (Phi) is 16.9. The van der Waals surface area contributed by atoms with Gasteiger partial charge in [-0.1, -0.05) is 121 Å². The van der Waals surface area contributed by atoms with Gasteiger partial charge in [0.1, 0.15) is 0 Å². The van der Waals surface area contributed by atoms with Gasteiger partial charge < -0.3 is 5.32 Å². The molecule has 0 aromatic heterocycles. The van der Waals surface area contributed by atoms with E-state index in [1.54, 1.807) is 0 Å². The predicted octanol–water partition coefficient (Wildman–Crippen LogP) is 6.46. The van der Waals surface area contributed by atoms with E-state index in [0.29, 0.717) is 6.04 Å². The van der Waals surface area contributed by atoms with Crippen molar-refractivity contribution in [3.8, 4) is 0 Å². The molecule has 3 heteroatoms. The van der Waals surface area contributed by atoms with Gasteiger partial charge in [-0.05, 0) is 0 Å². The fraction of sp³-hybridized carbons (Fsp3) is 0.577. The van der Waals surface area contributed by atoms with Crippen LogP contribution in [-0.2, 0) is 21.7 Å². The van der Waals surface area contributed by atoms with E-state index in [0.717, 1.165) is 0 Å². The second-order valence-corrected chi connectivity index (χ2v) is 9.03. The van der Waals surface area contributed by atoms with Gasteiger partial charge in [0.25, 0.3) is 0 Å². The van der Waals surface area contributed by atoms with Crippen LogP contribution in [0.2, 0.25) is 0 Å². The van der Waals surface area contributed by atoms with Gasteiger partial charge in [-0.15, -0.1) is 6.04 Å². The Labute approximate surface area is 199 Å². The first kappa shape index (κ1) is 28.5. The van der Waals surface area contributed by atoms with E-state index in [2.05, 4.69) is 51.2 Å². The van der Waals surface area contributed by atoms with Crippen molar-refractivity contribution in [1.29, 1.82) is 0 Å². The summed E-state index contributed by atoms with van der Waals surface area (Å²) in [6.45, 7) is 8.68. The van der Waals surface area contributed by atoms with E-state index in [1.165, 1.54) is 85.2 Å². The molecule has 0 N–H and O–H groups in total. The molecule has 1 nitrogen and oxygen atoms in total. The van der Waals surface area contributed by atoms with E-state index in [-0.39, 0.29) is 21.7 Å². The monoisotopic (exact) mass is 444 g/mol. The van der Waals surface area contributed by atoms with Gasteiger partial charge in [0.15, 0.2) is 0 Å². The molecule has 1 fully saturated rings. The molecule has 0 aliphatic heterocycles. The van der Waals surface area contributed by atoms with Crippen LogP contribution in [0.4, 0.5) is 0 Å². The number of nitrogens with zero attached hydrogens (tertiary/aromatic N) is 1. The Balaban J connectivity index is 0.000000413. The quantitative estimate of drug-likeness (QED) is 0.354. The van der Waals surface area contributed by atoms with Gasteiger partial charge in [0.2, 0.25) is 0 Å². The van der Waals surface area contributed by atoms with Crippen LogP contribution in [-0.4, -0.2) is 23.3 Å². The van der Waals surface area contributed by atoms with Crippen molar-refractivity contribution < 1.29 is 21.7 Å². The minimum Gasteiger partial charge on any atom is -0.662 e. The molecule has 2 aromatic rings. The smallest absolute Gasteiger partial charge is 0.662 e. The topological polar surface area (TPSA) is 14.1 Å². The first-order valence-corrected chi connectivity index (χ1v) is 11.8. The van der Waals surface area contributed by atoms with Crippen molar-refractivity contribution in [2.75, 3.05) is 7.05 Å². The fourth-order valence-electron chi connectivity index (χ4n) is 3.66. The summed E-state index contributed by atoms with van der Waals surface area (Å²) in [5.74, 6) is 0. The van der Waals surface area contributed by atoms with Crippen LogP contribution in [0.25, 0.3) is 5.32 Å². The Hall–Kier alpha value is -0.539. The molecule has 1 aliphatic rings. The van der Waals surface area contributed by atoms with Gasteiger partial charge in [-0.3, -0.25) is 0 Å². The zero-order valence-corrected chi connectivity index (χ0v) is 22.5. The summed E-state index contributed by atoms with van der Waals surface area (Å²) in [6, 6.07) is 13.2. The molecule has 1 aliphatic carbocycles. The summed E-state index contributed by atoms with van der Waals surface area (Å²) < 4.78 is 0. The summed E-state index contributed by atoms with van der Waals surface area (Å²) in [5, 5.41) is 5.77. The Bertz CT molecular complexity index is 603. The molecule has 0 heterocycles. The van der Waals surface area contributed by atoms with Gasteiger partial charge in [-0.25, -0.2) is 0 Å². The molecule has 159 valence electrons. The van der Waals surface area contributed by atoms with E-state index in [4.69, 9.17) is 0 Å². The minimum absolute atomic E-state index is 0. The Morgan fingerprint density at radius 1 is 0.862 bits per heavy atom. The van der Waals surface area contributed by atoms with Crippen LogP contribution in [0.15, 0.2) is 36.4 Å². The first-order valence-electron chi connectivity index (χ1n) is 11.1. The van der Waals surface area contributed by atoms with Gasteiger partial charge in [0.05, 0.1) is 0 Å². The van der Waals surface area contributed by atoms with Crippen LogP contribution in [0.1, 0.15) is 80.0 Å². The summed E-state index contributed by atoms with van der Waals surface area (Å²) in [5.41, 5.74) is 5.75. The van der Waals surface area contributed by atoms with Crippen molar-refractivity contribution in [2.45, 2.75) is 91.5 Å². The standard InChI is InChI=1S/C11H22N.C9H13.C6H7Si.Ti/c1-12-11-9-7-5-3-2-4-6-8-10-11;1-6-5-7(2)9(4)8(6)3;7-6-4-2-1-3-5-6;/h11H,2-10H2,1H3;5H,1-4H3;1-5H,7H2;/q2*-1;;+2. The van der Waals surface area contributed by atoms with Crippen LogP contribution in [0.5, 0.6) is 0 Å². The van der Waals surface area contributed by atoms with E-state index < -0.39 is 0 Å². The molecule has 2 aromatic carbocycles. The van der Waals surface area contributed by atoms with Gasteiger partial charge >= 0.3 is 21.7 Å². The van der Waals surface area contributed by atoms with E-state index >= 15 is 0 Å². The maximum atomic E-state index is 4.42. The molecule has 29 heavy (non-hydrogen) atoms. The maximum Gasteiger partial charge on any atom is 2.00 e. The normalized spacial score (nSPS) is 15.1. The van der Waals surface area contributed by atoms with Crippen LogP contribution >= 0.6 is 0 Å². The van der Waals surface area contributed by atoms with Crippen LogP contribution in [0.3, 0.4) is 0 Å². The molecular formula is C26H42NSiTi. The zero-order valence-electron chi connectivity index (χ0n) is 19.6. The fourth-order valence-corrected chi connectivity index (χ4v) is 3.93. The number of benzene rings is 1. The van der Waals surface area contributed by atoms with Crippen molar-refractivity contribution >= 4 is 15.4 Å². The van der Waals surface area contributed by atoms with Crippen molar-refractivity contribution in [3.05, 3.63) is 64.0 Å². The molecule has 3 rings (SSSR count). The second kappa shape index (κ2) is 17.2. The third-order valence-electron chi connectivity index (χ3n) is 5.96. The molecule has 0 saturated heterocycles. The zero-order chi connectivity index (χ0) is 20.8. The molecule has 1 saturated carbocycles. The molecule has 0 unspecified atom stereocenters. The number of hydrogen-bond donors (Lipinski definition) is 0. The Morgan fingerprint density at radius 3 is 1.62 bits per heavy atom. The average Bonchev–Trinajstić information content (AvgIpc) is 2.93. The SMILES string of the molecule is C[N-]C1CCCCCCCCC1.Cc1c[c-](C)c(C)c1C.[SiH2]c1ccccc1.[Ti+2]. The molecular weight excluding hydrogens is 402 g/mol. The van der Waals surface area contributed by atoms with Gasteiger partial charge in [0, 0.05) is 10.2 Å². The average molecular weight is 445 g/mol. The number of aryl methyl sites for hydroxylation is 2. The third-order valence-corrected chi connectivity index (χ3v) is 6.43. The maximum absolute atomic E-state index is 4.42. The largest absolute Gasteiger partial charge is 2.00 e. The van der Waals surface area contributed by atoms with Crippen molar-refractivity contribution in [1.82, 2.24) is 0 Å². The summed E-state index contributed by atoms with van der Waals surface area (Å²) in [4.78, 5) is 0. The Morgan fingerprint density at radius 2 is 1.34 bits per heavy atom. The van der Waals surface area contributed by atoms with Crippen LogP contribution < -0.4 is 5.19 Å². The molecule has 1 radical (unpaired) electrons. The van der Waals surface area contributed by atoms with Crippen LogP contribution in [0, 0.1) is 27.7 Å². The summed E-state index contributed by atoms with van der Waals surface area (Å²) >= 11 is 0. The van der Waals surface area contributed by atoms with E-state index in [9.17, 15) is 0 Å². The second-order valence-electron chi connectivity index (χ2n) is 8.21. The molecule has 0 bridgehead atoms. The molecule has 0 atom stereocenters. The van der Waals surface area contributed by atoms with Gasteiger partial charge in [-0.2, -0.15) is 35.4 Å². The minimum atomic E-state index is 0. The molecule has 0 spiro atoms. The number of rotatable bonds is 1. The van der Waals surface area contributed by atoms with Crippen molar-refractivity contribution in [2.24, 2.45) is 0 Å². The summed E-state index contributed by atoms with van der Waals surface area (Å²) in [7, 11) is 3.88. The van der Waals surface area contributed by atoms with E-state index in [1.807, 2.05) is 35.5 Å².